The Kier molecular flexibility index (Phi) is 5.81. The summed E-state index contributed by atoms with van der Waals surface area (Å²) < 4.78 is 4.83. The zero-order valence-electron chi connectivity index (χ0n) is 26.6. The van der Waals surface area contributed by atoms with E-state index in [1.54, 1.807) is 0 Å². The lowest BCUT2D eigenvalue weighted by molar-refractivity contribution is 0.648. The molecule has 3 unspecified atom stereocenters. The maximum absolute atomic E-state index is 5.68. The Morgan fingerprint density at radius 3 is 2.27 bits per heavy atom. The summed E-state index contributed by atoms with van der Waals surface area (Å²) in [6.07, 6.45) is 9.91. The third-order valence-corrected chi connectivity index (χ3v) is 11.8. The lowest BCUT2D eigenvalue weighted by Gasteiger charge is -2.26. The van der Waals surface area contributed by atoms with Gasteiger partial charge >= 0.3 is 0 Å². The molecular formula is C44H30N4S. The molecule has 3 aliphatic rings. The Hall–Kier alpha value is -5.65. The SMILES string of the molecule is C1=CCC(n2c3ccccc3c3c(C4=NC(n5c6ccccc6c6cc7ccccc7cc65)=NC5Sc6ccccc6C45)cccc32)C=C1. The summed E-state index contributed by atoms with van der Waals surface area (Å²) in [5.74, 6) is 0.795. The van der Waals surface area contributed by atoms with Crippen molar-refractivity contribution in [1.29, 1.82) is 0 Å². The number of aromatic nitrogens is 2. The lowest BCUT2D eigenvalue weighted by Crippen LogP contribution is -2.29. The van der Waals surface area contributed by atoms with E-state index in [9.17, 15) is 0 Å². The number of aliphatic imine (C=N–C) groups is 2. The van der Waals surface area contributed by atoms with Crippen LogP contribution in [0.3, 0.4) is 0 Å². The minimum atomic E-state index is -0.0217. The number of allylic oxidation sites excluding steroid dienone is 4. The monoisotopic (exact) mass is 646 g/mol. The first kappa shape index (κ1) is 27.3. The smallest absolute Gasteiger partial charge is 0.231 e. The van der Waals surface area contributed by atoms with Crippen molar-refractivity contribution < 1.29 is 0 Å². The van der Waals surface area contributed by atoms with Crippen molar-refractivity contribution in [1.82, 2.24) is 9.13 Å². The molecule has 0 fully saturated rings. The van der Waals surface area contributed by atoms with Crippen LogP contribution < -0.4 is 0 Å². The van der Waals surface area contributed by atoms with Crippen LogP contribution in [0.2, 0.25) is 0 Å². The molecule has 11 rings (SSSR count). The first-order chi connectivity index (χ1) is 24.3. The van der Waals surface area contributed by atoms with Crippen molar-refractivity contribution in [2.45, 2.75) is 28.6 Å². The summed E-state index contributed by atoms with van der Waals surface area (Å²) in [6, 6.07) is 46.7. The van der Waals surface area contributed by atoms with Gasteiger partial charge in [0.25, 0.3) is 0 Å². The van der Waals surface area contributed by atoms with Gasteiger partial charge in [0.2, 0.25) is 5.96 Å². The highest BCUT2D eigenvalue weighted by molar-refractivity contribution is 8.00. The Morgan fingerprint density at radius 2 is 1.39 bits per heavy atom. The molecular weight excluding hydrogens is 617 g/mol. The number of rotatable bonds is 2. The van der Waals surface area contributed by atoms with E-state index >= 15 is 0 Å². The number of nitrogens with zero attached hydrogens (tertiary/aromatic N) is 4. The Balaban J connectivity index is 1.21. The molecule has 6 aromatic carbocycles. The van der Waals surface area contributed by atoms with Crippen LogP contribution in [-0.2, 0) is 0 Å². The molecule has 0 saturated heterocycles. The number of hydrogen-bond donors (Lipinski definition) is 0. The Morgan fingerprint density at radius 1 is 0.633 bits per heavy atom. The summed E-state index contributed by atoms with van der Waals surface area (Å²) in [5, 5.41) is 7.39. The molecule has 0 saturated carbocycles. The summed E-state index contributed by atoms with van der Waals surface area (Å²) in [7, 11) is 0. The third kappa shape index (κ3) is 3.94. The first-order valence-corrected chi connectivity index (χ1v) is 17.9. The Labute approximate surface area is 287 Å². The second kappa shape index (κ2) is 10.4. The van der Waals surface area contributed by atoms with E-state index in [4.69, 9.17) is 9.98 Å². The standard InChI is InChI=1S/C44H30N4S/c1-2-15-29(16-3-1)47-36-22-10-7-18-31(36)40-33(20-12-23-37(40)47)42-41-32-19-8-11-24-39(32)49-43(41)46-44(45-42)48-35-21-9-6-17-30(35)34-25-27-13-4-5-14-28(27)26-38(34)48/h1-15,17-26,29,41,43H,16H2. The van der Waals surface area contributed by atoms with Crippen molar-refractivity contribution in [2.24, 2.45) is 9.98 Å². The maximum Gasteiger partial charge on any atom is 0.231 e. The second-order valence-corrected chi connectivity index (χ2v) is 14.4. The van der Waals surface area contributed by atoms with Crippen LogP contribution in [0, 0.1) is 0 Å². The van der Waals surface area contributed by atoms with Crippen molar-refractivity contribution >= 4 is 77.8 Å². The highest BCUT2D eigenvalue weighted by Gasteiger charge is 2.41. The fourth-order valence-electron chi connectivity index (χ4n) is 8.48. The van der Waals surface area contributed by atoms with E-state index in [2.05, 4.69) is 161 Å². The van der Waals surface area contributed by atoms with E-state index in [0.29, 0.717) is 0 Å². The molecule has 4 nitrogen and oxygen atoms in total. The average Bonchev–Trinajstić information content (AvgIpc) is 3.81. The summed E-state index contributed by atoms with van der Waals surface area (Å²) >= 11 is 1.87. The first-order valence-electron chi connectivity index (χ1n) is 17.0. The number of fused-ring (bicyclic) bond motifs is 10. The number of hydrogen-bond acceptors (Lipinski definition) is 3. The molecule has 5 heteroatoms. The Bertz CT molecular complexity index is 2810. The van der Waals surface area contributed by atoms with Gasteiger partial charge in [0.05, 0.1) is 34.2 Å². The minimum Gasteiger partial charge on any atom is -0.333 e. The third-order valence-electron chi connectivity index (χ3n) is 10.6. The van der Waals surface area contributed by atoms with Crippen LogP contribution in [0.15, 0.2) is 167 Å². The van der Waals surface area contributed by atoms with Crippen LogP contribution in [0.1, 0.15) is 29.5 Å². The van der Waals surface area contributed by atoms with E-state index in [1.807, 2.05) is 11.8 Å². The van der Waals surface area contributed by atoms with Crippen molar-refractivity contribution in [3.05, 3.63) is 163 Å². The predicted molar refractivity (Wildman–Crippen MR) is 207 cm³/mol. The zero-order valence-corrected chi connectivity index (χ0v) is 27.4. The van der Waals surface area contributed by atoms with Gasteiger partial charge in [-0.3, -0.25) is 4.57 Å². The highest BCUT2D eigenvalue weighted by Crippen LogP contribution is 2.50. The van der Waals surface area contributed by atoms with Gasteiger partial charge < -0.3 is 4.57 Å². The molecule has 0 radical (unpaired) electrons. The van der Waals surface area contributed by atoms with Gasteiger partial charge in [-0.25, -0.2) is 9.98 Å². The van der Waals surface area contributed by atoms with Crippen LogP contribution in [0.25, 0.3) is 54.4 Å². The van der Waals surface area contributed by atoms with Gasteiger partial charge in [-0.2, -0.15) is 0 Å². The van der Waals surface area contributed by atoms with Gasteiger partial charge in [-0.1, -0.05) is 127 Å². The molecule has 2 aliphatic heterocycles. The number of benzene rings is 6. The van der Waals surface area contributed by atoms with E-state index in [0.717, 1.165) is 29.1 Å². The molecule has 3 atom stereocenters. The second-order valence-electron chi connectivity index (χ2n) is 13.2. The van der Waals surface area contributed by atoms with E-state index in [-0.39, 0.29) is 17.3 Å². The van der Waals surface area contributed by atoms with Crippen LogP contribution in [0.4, 0.5) is 0 Å². The minimum absolute atomic E-state index is 0.0217. The van der Waals surface area contributed by atoms with Crippen LogP contribution in [0.5, 0.6) is 0 Å². The lowest BCUT2D eigenvalue weighted by atomic mass is 9.87. The van der Waals surface area contributed by atoms with Gasteiger partial charge in [0.15, 0.2) is 0 Å². The number of para-hydroxylation sites is 2. The molecule has 4 heterocycles. The molecule has 8 aromatic rings. The summed E-state index contributed by atoms with van der Waals surface area (Å²) in [4.78, 5) is 12.5. The van der Waals surface area contributed by atoms with Crippen molar-refractivity contribution in [3.63, 3.8) is 0 Å². The van der Waals surface area contributed by atoms with Gasteiger partial charge in [0.1, 0.15) is 5.37 Å². The van der Waals surface area contributed by atoms with Crippen LogP contribution in [-0.4, -0.2) is 26.2 Å². The largest absolute Gasteiger partial charge is 0.333 e. The molecule has 2 aromatic heterocycles. The molecule has 0 N–H and O–H groups in total. The average molecular weight is 647 g/mol. The van der Waals surface area contributed by atoms with Crippen molar-refractivity contribution in [2.75, 3.05) is 0 Å². The maximum atomic E-state index is 5.68. The molecule has 0 bridgehead atoms. The van der Waals surface area contributed by atoms with E-state index < -0.39 is 0 Å². The zero-order chi connectivity index (χ0) is 32.1. The van der Waals surface area contributed by atoms with Gasteiger partial charge in [-0.05, 0) is 59.2 Å². The van der Waals surface area contributed by atoms with Crippen molar-refractivity contribution in [3.8, 4) is 0 Å². The molecule has 1 aliphatic carbocycles. The summed E-state index contributed by atoms with van der Waals surface area (Å²) in [6.45, 7) is 0. The highest BCUT2D eigenvalue weighted by atomic mass is 32.2. The predicted octanol–water partition coefficient (Wildman–Crippen LogP) is 11.0. The molecule has 49 heavy (non-hydrogen) atoms. The quantitative estimate of drug-likeness (QED) is 0.184. The van der Waals surface area contributed by atoms with Gasteiger partial charge in [0, 0.05) is 37.5 Å². The fraction of sp³-hybridized carbons (Fsp3) is 0.0909. The molecule has 232 valence electrons. The normalized spacial score (nSPS) is 20.0. The fourth-order valence-corrected chi connectivity index (χ4v) is 9.79. The van der Waals surface area contributed by atoms with Crippen LogP contribution >= 0.6 is 11.8 Å². The topological polar surface area (TPSA) is 34.6 Å². The molecule has 0 spiro atoms. The molecule has 0 amide bonds. The van der Waals surface area contributed by atoms with E-state index in [1.165, 1.54) is 59.4 Å². The van der Waals surface area contributed by atoms with Gasteiger partial charge in [-0.15, -0.1) is 0 Å². The number of thioether (sulfide) groups is 1. The summed E-state index contributed by atoms with van der Waals surface area (Å²) in [5.41, 5.74) is 8.35.